The number of benzene rings is 2. The van der Waals surface area contributed by atoms with Gasteiger partial charge in [-0.15, -0.1) is 0 Å². The molecule has 1 aliphatic heterocycles. The van der Waals surface area contributed by atoms with Gasteiger partial charge in [0.2, 0.25) is 0 Å². The molecule has 1 saturated heterocycles. The van der Waals surface area contributed by atoms with Crippen molar-refractivity contribution in [2.45, 2.75) is 24.9 Å². The van der Waals surface area contributed by atoms with E-state index < -0.39 is 0 Å². The van der Waals surface area contributed by atoms with E-state index in [-0.39, 0.29) is 0 Å². The first-order valence-corrected chi connectivity index (χ1v) is 8.10. The molecular formula is C20H22O2. The molecule has 2 nitrogen and oxygen atoms in total. The molecule has 0 spiro atoms. The van der Waals surface area contributed by atoms with E-state index >= 15 is 0 Å². The normalized spacial score (nSPS) is 33.1. The van der Waals surface area contributed by atoms with Crippen LogP contribution in [0.5, 0.6) is 5.75 Å². The zero-order valence-corrected chi connectivity index (χ0v) is 13.1. The van der Waals surface area contributed by atoms with E-state index in [1.165, 1.54) is 11.1 Å². The summed E-state index contributed by atoms with van der Waals surface area (Å²) in [7, 11) is 1.72. The summed E-state index contributed by atoms with van der Waals surface area (Å²) in [6, 6.07) is 19.5. The van der Waals surface area contributed by atoms with Crippen LogP contribution in [0.15, 0.2) is 54.6 Å². The first-order valence-electron chi connectivity index (χ1n) is 8.10. The predicted molar refractivity (Wildman–Crippen MR) is 87.3 cm³/mol. The van der Waals surface area contributed by atoms with Crippen LogP contribution in [0.3, 0.4) is 0 Å². The van der Waals surface area contributed by atoms with Gasteiger partial charge >= 0.3 is 0 Å². The van der Waals surface area contributed by atoms with E-state index in [2.05, 4.69) is 61.5 Å². The third-order valence-electron chi connectivity index (χ3n) is 5.54. The second-order valence-electron chi connectivity index (χ2n) is 6.52. The maximum Gasteiger partial charge on any atom is 0.118 e. The lowest BCUT2D eigenvalue weighted by molar-refractivity contribution is 0.0863. The van der Waals surface area contributed by atoms with Gasteiger partial charge in [0.25, 0.3) is 0 Å². The molecule has 1 heterocycles. The zero-order valence-electron chi connectivity index (χ0n) is 13.1. The second kappa shape index (κ2) is 5.44. The summed E-state index contributed by atoms with van der Waals surface area (Å²) < 4.78 is 11.3. The number of fused-ring (bicyclic) bond motifs is 1. The monoisotopic (exact) mass is 294 g/mol. The molecule has 2 aromatic carbocycles. The average molecular weight is 294 g/mol. The summed E-state index contributed by atoms with van der Waals surface area (Å²) in [5, 5.41) is 0. The van der Waals surface area contributed by atoms with Crippen LogP contribution in [0, 0.1) is 11.8 Å². The first kappa shape index (κ1) is 13.8. The molecule has 114 valence electrons. The van der Waals surface area contributed by atoms with E-state index in [1.807, 2.05) is 0 Å². The highest BCUT2D eigenvalue weighted by molar-refractivity contribution is 5.38. The summed E-state index contributed by atoms with van der Waals surface area (Å²) in [6.07, 6.45) is 0.365. The fraction of sp³-hybridized carbons (Fsp3) is 0.400. The minimum absolute atomic E-state index is 0.365. The first-order chi connectivity index (χ1) is 10.8. The Balaban J connectivity index is 1.69. The van der Waals surface area contributed by atoms with Crippen LogP contribution >= 0.6 is 0 Å². The summed E-state index contributed by atoms with van der Waals surface area (Å²) in [5.41, 5.74) is 2.86. The molecule has 0 aromatic heterocycles. The third-order valence-corrected chi connectivity index (χ3v) is 5.54. The van der Waals surface area contributed by atoms with Crippen molar-refractivity contribution in [1.29, 1.82) is 0 Å². The van der Waals surface area contributed by atoms with E-state index in [0.717, 1.165) is 12.4 Å². The molecule has 22 heavy (non-hydrogen) atoms. The molecule has 4 rings (SSSR count). The molecule has 2 heteroatoms. The van der Waals surface area contributed by atoms with Gasteiger partial charge in [-0.3, -0.25) is 0 Å². The lowest BCUT2D eigenvalue weighted by Crippen LogP contribution is -2.44. The molecule has 1 saturated carbocycles. The van der Waals surface area contributed by atoms with E-state index in [4.69, 9.17) is 9.47 Å². The van der Waals surface area contributed by atoms with Gasteiger partial charge < -0.3 is 9.47 Å². The highest BCUT2D eigenvalue weighted by atomic mass is 16.5. The zero-order chi connectivity index (χ0) is 15.1. The van der Waals surface area contributed by atoms with Crippen LogP contribution in [-0.2, 0) is 4.74 Å². The van der Waals surface area contributed by atoms with Crippen molar-refractivity contribution < 1.29 is 9.47 Å². The lowest BCUT2D eigenvalue weighted by atomic mass is 9.52. The number of hydrogen-bond acceptors (Lipinski definition) is 2. The minimum Gasteiger partial charge on any atom is -0.497 e. The van der Waals surface area contributed by atoms with E-state index in [9.17, 15) is 0 Å². The van der Waals surface area contributed by atoms with Crippen molar-refractivity contribution in [3.05, 3.63) is 65.7 Å². The number of ether oxygens (including phenoxy) is 2. The molecular weight excluding hydrogens is 272 g/mol. The van der Waals surface area contributed by atoms with Gasteiger partial charge in [0, 0.05) is 0 Å². The second-order valence-corrected chi connectivity index (χ2v) is 6.52. The quantitative estimate of drug-likeness (QED) is 0.843. The van der Waals surface area contributed by atoms with Gasteiger partial charge in [-0.05, 0) is 53.9 Å². The van der Waals surface area contributed by atoms with Gasteiger partial charge in [-0.1, -0.05) is 42.5 Å². The van der Waals surface area contributed by atoms with Crippen LogP contribution in [0.1, 0.15) is 29.9 Å². The Labute approximate surface area is 132 Å². The molecule has 0 bridgehead atoms. The van der Waals surface area contributed by atoms with Gasteiger partial charge in [-0.25, -0.2) is 0 Å². The Morgan fingerprint density at radius 1 is 0.909 bits per heavy atom. The molecule has 2 aromatic rings. The highest BCUT2D eigenvalue weighted by Gasteiger charge is 2.57. The number of rotatable bonds is 3. The van der Waals surface area contributed by atoms with Gasteiger partial charge in [0.1, 0.15) is 5.75 Å². The molecule has 1 aliphatic carbocycles. The highest BCUT2D eigenvalue weighted by Crippen LogP contribution is 2.62. The number of methoxy groups -OCH3 is 1. The van der Waals surface area contributed by atoms with Crippen LogP contribution in [0.2, 0.25) is 0 Å². The van der Waals surface area contributed by atoms with E-state index in [1.54, 1.807) is 7.11 Å². The molecule has 0 N–H and O–H groups in total. The maximum absolute atomic E-state index is 5.96. The van der Waals surface area contributed by atoms with Gasteiger partial charge in [0.15, 0.2) is 0 Å². The van der Waals surface area contributed by atoms with Crippen LogP contribution in [-0.4, -0.2) is 19.8 Å². The van der Waals surface area contributed by atoms with Crippen LogP contribution in [0.4, 0.5) is 0 Å². The predicted octanol–water partition coefficient (Wildman–Crippen LogP) is 4.23. The Hall–Kier alpha value is -1.80. The number of hydrogen-bond donors (Lipinski definition) is 0. The van der Waals surface area contributed by atoms with Crippen LogP contribution in [0.25, 0.3) is 0 Å². The SMILES string of the molecule is COc1ccc([C@@H]2[C@H]3CO[C@H](C)[C@H]3[C@@H]2c2ccccc2)cc1. The molecule has 0 amide bonds. The Kier molecular flexibility index (Phi) is 3.42. The van der Waals surface area contributed by atoms with Gasteiger partial charge in [-0.2, -0.15) is 0 Å². The minimum atomic E-state index is 0.365. The lowest BCUT2D eigenvalue weighted by Gasteiger charge is -2.50. The third kappa shape index (κ3) is 2.05. The van der Waals surface area contributed by atoms with Crippen molar-refractivity contribution in [3.8, 4) is 5.75 Å². The molecule has 5 atom stereocenters. The smallest absolute Gasteiger partial charge is 0.118 e. The van der Waals surface area contributed by atoms with Crippen LogP contribution < -0.4 is 4.74 Å². The summed E-state index contributed by atoms with van der Waals surface area (Å²) in [6.45, 7) is 3.12. The van der Waals surface area contributed by atoms with Crippen molar-refractivity contribution in [2.24, 2.45) is 11.8 Å². The van der Waals surface area contributed by atoms with Crippen molar-refractivity contribution >= 4 is 0 Å². The maximum atomic E-state index is 5.96. The Morgan fingerprint density at radius 3 is 2.27 bits per heavy atom. The Bertz CT molecular complexity index is 635. The topological polar surface area (TPSA) is 18.5 Å². The van der Waals surface area contributed by atoms with Crippen molar-refractivity contribution in [1.82, 2.24) is 0 Å². The van der Waals surface area contributed by atoms with Crippen molar-refractivity contribution in [2.75, 3.05) is 13.7 Å². The standard InChI is InChI=1S/C20H22O2/c1-13-18-17(12-22-13)19(15-8-10-16(21-2)11-9-15)20(18)14-6-4-3-5-7-14/h3-11,13,17-20H,12H2,1-2H3/t13-,17+,18-,19-,20+/m1/s1. The average Bonchev–Trinajstić information content (AvgIpc) is 2.85. The Morgan fingerprint density at radius 2 is 1.59 bits per heavy atom. The van der Waals surface area contributed by atoms with E-state index in [0.29, 0.717) is 29.8 Å². The summed E-state index contributed by atoms with van der Waals surface area (Å²) >= 11 is 0. The summed E-state index contributed by atoms with van der Waals surface area (Å²) in [4.78, 5) is 0. The molecule has 2 aliphatic rings. The fourth-order valence-corrected chi connectivity index (χ4v) is 4.48. The molecule has 2 fully saturated rings. The van der Waals surface area contributed by atoms with Gasteiger partial charge in [0.05, 0.1) is 19.8 Å². The largest absolute Gasteiger partial charge is 0.497 e. The summed E-state index contributed by atoms with van der Waals surface area (Å²) in [5.74, 6) is 3.34. The molecule has 0 unspecified atom stereocenters. The van der Waals surface area contributed by atoms with Crippen molar-refractivity contribution in [3.63, 3.8) is 0 Å². The molecule has 0 radical (unpaired) electrons. The fourth-order valence-electron chi connectivity index (χ4n) is 4.48.